The van der Waals surface area contributed by atoms with E-state index in [0.29, 0.717) is 13.1 Å². The lowest BCUT2D eigenvalue weighted by molar-refractivity contribution is -0.144. The van der Waals surface area contributed by atoms with E-state index in [4.69, 9.17) is 5.73 Å². The Bertz CT molecular complexity index is 365. The van der Waals surface area contributed by atoms with Gasteiger partial charge in [0.1, 0.15) is 6.04 Å². The molecule has 2 rings (SSSR count). The zero-order valence-electron chi connectivity index (χ0n) is 13.1. The van der Waals surface area contributed by atoms with Crippen molar-refractivity contribution in [3.63, 3.8) is 0 Å². The molecule has 0 aromatic rings. The van der Waals surface area contributed by atoms with Crippen LogP contribution in [0.25, 0.3) is 0 Å². The lowest BCUT2D eigenvalue weighted by Gasteiger charge is -2.38. The van der Waals surface area contributed by atoms with E-state index < -0.39 is 11.9 Å². The molecule has 5 nitrogen and oxygen atoms in total. The minimum absolute atomic E-state index is 0.0998. The Hall–Kier alpha value is -1.10. The van der Waals surface area contributed by atoms with Crippen molar-refractivity contribution < 1.29 is 9.59 Å². The number of unbranched alkanes of at least 4 members (excludes halogenated alkanes) is 1. The number of nitrogens with zero attached hydrogens (tertiary/aromatic N) is 1. The third kappa shape index (κ3) is 4.19. The minimum Gasteiger partial charge on any atom is -0.368 e. The number of carbonyl (C=O) groups is 2. The second kappa shape index (κ2) is 7.78. The Kier molecular flexibility index (Phi) is 6.03. The van der Waals surface area contributed by atoms with E-state index in [2.05, 4.69) is 12.2 Å². The van der Waals surface area contributed by atoms with Gasteiger partial charge in [-0.15, -0.1) is 0 Å². The summed E-state index contributed by atoms with van der Waals surface area (Å²) in [6.07, 6.45) is 8.11. The molecule has 2 aliphatic rings. The number of nitrogens with one attached hydrogen (secondary N) is 1. The molecule has 21 heavy (non-hydrogen) atoms. The summed E-state index contributed by atoms with van der Waals surface area (Å²) in [7, 11) is 0. The topological polar surface area (TPSA) is 75.4 Å². The van der Waals surface area contributed by atoms with Gasteiger partial charge in [-0.3, -0.25) is 9.59 Å². The second-order valence-corrected chi connectivity index (χ2v) is 6.51. The molecule has 1 heterocycles. The number of hydrogen-bond acceptors (Lipinski definition) is 3. The highest BCUT2D eigenvalue weighted by Crippen LogP contribution is 2.33. The van der Waals surface area contributed by atoms with Crippen LogP contribution in [0.5, 0.6) is 0 Å². The lowest BCUT2D eigenvalue weighted by Crippen LogP contribution is -2.60. The van der Waals surface area contributed by atoms with E-state index in [9.17, 15) is 9.59 Å². The summed E-state index contributed by atoms with van der Waals surface area (Å²) < 4.78 is 0. The largest absolute Gasteiger partial charge is 0.368 e. The van der Waals surface area contributed by atoms with Crippen LogP contribution < -0.4 is 11.1 Å². The van der Waals surface area contributed by atoms with Crippen LogP contribution >= 0.6 is 0 Å². The maximum atomic E-state index is 12.7. The van der Waals surface area contributed by atoms with Crippen LogP contribution in [-0.4, -0.2) is 42.4 Å². The number of amides is 2. The van der Waals surface area contributed by atoms with E-state index in [1.165, 1.54) is 19.3 Å². The molecule has 1 unspecified atom stereocenters. The normalized spacial score (nSPS) is 30.1. The van der Waals surface area contributed by atoms with Crippen LogP contribution in [0.2, 0.25) is 0 Å². The van der Waals surface area contributed by atoms with E-state index in [1.807, 2.05) is 0 Å². The first kappa shape index (κ1) is 16.3. The average molecular weight is 295 g/mol. The molecule has 0 aromatic heterocycles. The van der Waals surface area contributed by atoms with E-state index >= 15 is 0 Å². The van der Waals surface area contributed by atoms with Gasteiger partial charge in [-0.1, -0.05) is 26.2 Å². The zero-order valence-corrected chi connectivity index (χ0v) is 13.1. The van der Waals surface area contributed by atoms with Gasteiger partial charge in [0.05, 0.1) is 0 Å². The molecule has 2 amide bonds. The molecule has 1 saturated heterocycles. The van der Waals surface area contributed by atoms with Gasteiger partial charge in [-0.25, -0.2) is 0 Å². The van der Waals surface area contributed by atoms with Gasteiger partial charge >= 0.3 is 0 Å². The average Bonchev–Trinajstić information content (AvgIpc) is 2.52. The molecule has 1 aliphatic heterocycles. The fourth-order valence-electron chi connectivity index (χ4n) is 3.65. The number of carbonyl (C=O) groups excluding carboxylic acids is 2. The van der Waals surface area contributed by atoms with Gasteiger partial charge in [0.15, 0.2) is 0 Å². The van der Waals surface area contributed by atoms with Crippen molar-refractivity contribution in [2.24, 2.45) is 17.6 Å². The van der Waals surface area contributed by atoms with Crippen LogP contribution in [0, 0.1) is 11.8 Å². The third-order valence-electron chi connectivity index (χ3n) is 5.02. The van der Waals surface area contributed by atoms with Crippen molar-refractivity contribution in [1.29, 1.82) is 0 Å². The summed E-state index contributed by atoms with van der Waals surface area (Å²) in [6.45, 7) is 4.07. The van der Waals surface area contributed by atoms with E-state index in [0.717, 1.165) is 38.1 Å². The molecular formula is C16H29N3O2. The van der Waals surface area contributed by atoms with Gasteiger partial charge in [0.25, 0.3) is 0 Å². The number of rotatable bonds is 5. The number of nitrogens with two attached hydrogens (primary N) is 1. The molecular weight excluding hydrogens is 266 g/mol. The summed E-state index contributed by atoms with van der Waals surface area (Å²) in [6, 6.07) is -0.468. The van der Waals surface area contributed by atoms with Crippen molar-refractivity contribution in [3.8, 4) is 0 Å². The first-order chi connectivity index (χ1) is 10.1. The monoisotopic (exact) mass is 295 g/mol. The van der Waals surface area contributed by atoms with Crippen LogP contribution in [0.3, 0.4) is 0 Å². The molecule has 0 bridgehead atoms. The first-order valence-electron chi connectivity index (χ1n) is 8.44. The molecule has 120 valence electrons. The fourth-order valence-corrected chi connectivity index (χ4v) is 3.65. The highest BCUT2D eigenvalue weighted by atomic mass is 16.2. The smallest absolute Gasteiger partial charge is 0.241 e. The van der Waals surface area contributed by atoms with Gasteiger partial charge in [0.2, 0.25) is 11.8 Å². The van der Waals surface area contributed by atoms with Crippen LogP contribution in [-0.2, 0) is 9.59 Å². The predicted octanol–water partition coefficient (Wildman–Crippen LogP) is 1.27. The first-order valence-corrected chi connectivity index (χ1v) is 8.44. The maximum absolute atomic E-state index is 12.7. The van der Waals surface area contributed by atoms with Crippen LogP contribution in [0.4, 0.5) is 0 Å². The number of primary amides is 1. The molecule has 1 aliphatic carbocycles. The highest BCUT2D eigenvalue weighted by molar-refractivity contribution is 5.88. The SMILES string of the molecule is CCCCC1CCC(C(=O)N2CCNCC2C(N)=O)CC1. The molecule has 0 aromatic carbocycles. The quantitative estimate of drug-likeness (QED) is 0.802. The van der Waals surface area contributed by atoms with Gasteiger partial charge in [0, 0.05) is 25.6 Å². The molecule has 3 N–H and O–H groups in total. The Labute approximate surface area is 127 Å². The number of hydrogen-bond donors (Lipinski definition) is 2. The van der Waals surface area contributed by atoms with Crippen molar-refractivity contribution >= 4 is 11.8 Å². The van der Waals surface area contributed by atoms with Crippen LogP contribution in [0.15, 0.2) is 0 Å². The molecule has 2 fully saturated rings. The summed E-state index contributed by atoms with van der Waals surface area (Å²) in [5, 5.41) is 3.14. The Morgan fingerprint density at radius 1 is 1.24 bits per heavy atom. The van der Waals surface area contributed by atoms with Crippen molar-refractivity contribution in [2.45, 2.75) is 57.9 Å². The predicted molar refractivity (Wildman–Crippen MR) is 82.5 cm³/mol. The standard InChI is InChI=1S/C16H29N3O2/c1-2-3-4-12-5-7-13(8-6-12)16(21)19-10-9-18-11-14(19)15(17)20/h12-14,18H,2-11H2,1H3,(H2,17,20). The van der Waals surface area contributed by atoms with Crippen molar-refractivity contribution in [2.75, 3.05) is 19.6 Å². The van der Waals surface area contributed by atoms with Crippen LogP contribution in [0.1, 0.15) is 51.9 Å². The summed E-state index contributed by atoms with van der Waals surface area (Å²) >= 11 is 0. The van der Waals surface area contributed by atoms with Crippen molar-refractivity contribution in [3.05, 3.63) is 0 Å². The minimum atomic E-state index is -0.468. The number of piperazine rings is 1. The van der Waals surface area contributed by atoms with Crippen molar-refractivity contribution in [1.82, 2.24) is 10.2 Å². The lowest BCUT2D eigenvalue weighted by atomic mass is 9.79. The molecule has 1 atom stereocenters. The Morgan fingerprint density at radius 2 is 1.95 bits per heavy atom. The Balaban J connectivity index is 1.87. The van der Waals surface area contributed by atoms with Gasteiger partial charge < -0.3 is 16.0 Å². The van der Waals surface area contributed by atoms with E-state index in [-0.39, 0.29) is 11.8 Å². The van der Waals surface area contributed by atoms with Gasteiger partial charge in [-0.2, -0.15) is 0 Å². The summed E-state index contributed by atoms with van der Waals surface area (Å²) in [5.74, 6) is 0.646. The summed E-state index contributed by atoms with van der Waals surface area (Å²) in [5.41, 5.74) is 5.43. The molecule has 0 spiro atoms. The summed E-state index contributed by atoms with van der Waals surface area (Å²) in [4.78, 5) is 25.9. The third-order valence-corrected chi connectivity index (χ3v) is 5.02. The molecule has 1 saturated carbocycles. The Morgan fingerprint density at radius 3 is 2.57 bits per heavy atom. The van der Waals surface area contributed by atoms with E-state index in [1.54, 1.807) is 4.90 Å². The second-order valence-electron chi connectivity index (χ2n) is 6.51. The highest BCUT2D eigenvalue weighted by Gasteiger charge is 2.35. The zero-order chi connectivity index (χ0) is 15.2. The molecule has 5 heteroatoms. The fraction of sp³-hybridized carbons (Fsp3) is 0.875. The van der Waals surface area contributed by atoms with Gasteiger partial charge in [-0.05, 0) is 31.6 Å². The molecule has 0 radical (unpaired) electrons. The maximum Gasteiger partial charge on any atom is 0.241 e.